The van der Waals surface area contributed by atoms with Crippen molar-refractivity contribution >= 4 is 5.91 Å². The predicted octanol–water partition coefficient (Wildman–Crippen LogP) is 2.55. The molecule has 0 aromatic heterocycles. The number of halogens is 1. The number of hydrogen-bond donors (Lipinski definition) is 1. The summed E-state index contributed by atoms with van der Waals surface area (Å²) in [6.45, 7) is 8.55. The smallest absolute Gasteiger partial charge is 0.232 e. The number of rotatable bonds is 5. The third-order valence-corrected chi connectivity index (χ3v) is 3.65. The van der Waals surface area contributed by atoms with Gasteiger partial charge in [0.05, 0.1) is 5.41 Å². The minimum atomic E-state index is -0.898. The zero-order valence-corrected chi connectivity index (χ0v) is 13.0. The summed E-state index contributed by atoms with van der Waals surface area (Å²) in [5, 5.41) is 0. The van der Waals surface area contributed by atoms with Crippen molar-refractivity contribution in [1.29, 1.82) is 0 Å². The van der Waals surface area contributed by atoms with Crippen LogP contribution in [-0.2, 0) is 10.2 Å². The minimum absolute atomic E-state index is 0.107. The van der Waals surface area contributed by atoms with Gasteiger partial charge in [0.15, 0.2) is 0 Å². The molecule has 0 atom stereocenters. The Hall–Kier alpha value is -1.42. The number of benzene rings is 1. The standard InChI is InChI=1S/C16H25FN2O/c1-15(2,10-18)11-19(5)14(20)16(3,4)12-8-6-7-9-13(12)17/h6-9H,10-11,18H2,1-5H3. The van der Waals surface area contributed by atoms with Crippen molar-refractivity contribution in [2.45, 2.75) is 33.1 Å². The maximum Gasteiger partial charge on any atom is 0.232 e. The van der Waals surface area contributed by atoms with Gasteiger partial charge in [-0.25, -0.2) is 4.39 Å². The Morgan fingerprint density at radius 3 is 2.30 bits per heavy atom. The maximum absolute atomic E-state index is 13.9. The fourth-order valence-corrected chi connectivity index (χ4v) is 2.34. The molecule has 1 aromatic carbocycles. The summed E-state index contributed by atoms with van der Waals surface area (Å²) in [7, 11) is 1.74. The fourth-order valence-electron chi connectivity index (χ4n) is 2.34. The highest BCUT2D eigenvalue weighted by molar-refractivity contribution is 5.87. The molecule has 0 spiro atoms. The Bertz CT molecular complexity index is 483. The first-order valence-electron chi connectivity index (χ1n) is 6.82. The Labute approximate surface area is 121 Å². The number of hydrogen-bond acceptors (Lipinski definition) is 2. The van der Waals surface area contributed by atoms with Crippen LogP contribution >= 0.6 is 0 Å². The Kier molecular flexibility index (Phi) is 4.92. The number of nitrogens with zero attached hydrogens (tertiary/aromatic N) is 1. The Morgan fingerprint density at radius 2 is 1.80 bits per heavy atom. The van der Waals surface area contributed by atoms with Crippen molar-refractivity contribution in [2.24, 2.45) is 11.1 Å². The van der Waals surface area contributed by atoms with E-state index >= 15 is 0 Å². The lowest BCUT2D eigenvalue weighted by Gasteiger charge is -2.34. The lowest BCUT2D eigenvalue weighted by Crippen LogP contribution is -2.46. The molecule has 0 radical (unpaired) electrons. The molecule has 3 nitrogen and oxygen atoms in total. The molecule has 1 aromatic rings. The molecule has 0 saturated carbocycles. The van der Waals surface area contributed by atoms with Crippen molar-refractivity contribution in [3.63, 3.8) is 0 Å². The van der Waals surface area contributed by atoms with E-state index < -0.39 is 5.41 Å². The third kappa shape index (κ3) is 3.57. The molecular formula is C16H25FN2O. The summed E-state index contributed by atoms with van der Waals surface area (Å²) >= 11 is 0. The van der Waals surface area contributed by atoms with E-state index in [9.17, 15) is 9.18 Å². The third-order valence-electron chi connectivity index (χ3n) is 3.65. The molecule has 2 N–H and O–H groups in total. The first-order valence-corrected chi connectivity index (χ1v) is 6.82. The number of carbonyl (C=O) groups is 1. The van der Waals surface area contributed by atoms with E-state index in [1.165, 1.54) is 6.07 Å². The van der Waals surface area contributed by atoms with Crippen LogP contribution in [0.1, 0.15) is 33.3 Å². The summed E-state index contributed by atoms with van der Waals surface area (Å²) < 4.78 is 13.9. The van der Waals surface area contributed by atoms with E-state index in [4.69, 9.17) is 5.73 Å². The first kappa shape index (κ1) is 16.6. The highest BCUT2D eigenvalue weighted by Gasteiger charge is 2.35. The lowest BCUT2D eigenvalue weighted by atomic mass is 9.82. The van der Waals surface area contributed by atoms with E-state index in [0.29, 0.717) is 18.7 Å². The van der Waals surface area contributed by atoms with E-state index in [-0.39, 0.29) is 17.1 Å². The molecule has 0 unspecified atom stereocenters. The second-order valence-corrected chi connectivity index (χ2v) is 6.63. The quantitative estimate of drug-likeness (QED) is 0.901. The maximum atomic E-state index is 13.9. The zero-order chi connectivity index (χ0) is 15.6. The van der Waals surface area contributed by atoms with Gasteiger partial charge in [0.25, 0.3) is 0 Å². The molecule has 20 heavy (non-hydrogen) atoms. The highest BCUT2D eigenvalue weighted by Crippen LogP contribution is 2.28. The second-order valence-electron chi connectivity index (χ2n) is 6.63. The largest absolute Gasteiger partial charge is 0.344 e. The van der Waals surface area contributed by atoms with Crippen LogP contribution < -0.4 is 5.73 Å². The van der Waals surface area contributed by atoms with Crippen molar-refractivity contribution < 1.29 is 9.18 Å². The monoisotopic (exact) mass is 280 g/mol. The van der Waals surface area contributed by atoms with Crippen LogP contribution in [0.2, 0.25) is 0 Å². The van der Waals surface area contributed by atoms with Crippen LogP contribution in [0.3, 0.4) is 0 Å². The predicted molar refractivity (Wildman–Crippen MR) is 79.9 cm³/mol. The van der Waals surface area contributed by atoms with Gasteiger partial charge in [0.1, 0.15) is 5.82 Å². The first-order chi connectivity index (χ1) is 9.12. The summed E-state index contributed by atoms with van der Waals surface area (Å²) in [5.74, 6) is -0.457. The molecule has 0 aliphatic heterocycles. The van der Waals surface area contributed by atoms with Gasteiger partial charge < -0.3 is 10.6 Å². The van der Waals surface area contributed by atoms with Gasteiger partial charge in [0, 0.05) is 19.2 Å². The van der Waals surface area contributed by atoms with E-state index in [0.717, 1.165) is 0 Å². The van der Waals surface area contributed by atoms with Gasteiger partial charge in [-0.2, -0.15) is 0 Å². The highest BCUT2D eigenvalue weighted by atomic mass is 19.1. The SMILES string of the molecule is CN(CC(C)(C)CN)C(=O)C(C)(C)c1ccccc1F. The van der Waals surface area contributed by atoms with Crippen molar-refractivity contribution in [3.8, 4) is 0 Å². The topological polar surface area (TPSA) is 46.3 Å². The molecule has 1 rings (SSSR count). The summed E-state index contributed by atoms with van der Waals surface area (Å²) in [6, 6.07) is 6.42. The van der Waals surface area contributed by atoms with Crippen molar-refractivity contribution in [2.75, 3.05) is 20.1 Å². The fraction of sp³-hybridized carbons (Fsp3) is 0.562. The summed E-state index contributed by atoms with van der Waals surface area (Å²) in [5.41, 5.74) is 5.06. The normalized spacial score (nSPS) is 12.3. The van der Waals surface area contributed by atoms with Crippen molar-refractivity contribution in [3.05, 3.63) is 35.6 Å². The van der Waals surface area contributed by atoms with Gasteiger partial charge in [-0.05, 0) is 31.9 Å². The van der Waals surface area contributed by atoms with Crippen molar-refractivity contribution in [1.82, 2.24) is 4.90 Å². The average molecular weight is 280 g/mol. The van der Waals surface area contributed by atoms with E-state index in [2.05, 4.69) is 0 Å². The number of nitrogens with two attached hydrogens (primary N) is 1. The lowest BCUT2D eigenvalue weighted by molar-refractivity contribution is -0.136. The van der Waals surface area contributed by atoms with Crippen LogP contribution in [0, 0.1) is 11.2 Å². The van der Waals surface area contributed by atoms with Crippen LogP contribution in [-0.4, -0.2) is 30.9 Å². The van der Waals surface area contributed by atoms with E-state index in [1.807, 2.05) is 13.8 Å². The van der Waals surface area contributed by atoms with Crippen LogP contribution in [0.25, 0.3) is 0 Å². The second kappa shape index (κ2) is 5.92. The molecular weight excluding hydrogens is 255 g/mol. The van der Waals surface area contributed by atoms with Gasteiger partial charge >= 0.3 is 0 Å². The molecule has 0 aliphatic carbocycles. The summed E-state index contributed by atoms with van der Waals surface area (Å²) in [6.07, 6.45) is 0. The molecule has 1 amide bonds. The molecule has 0 fully saturated rings. The van der Waals surface area contributed by atoms with Crippen LogP contribution in [0.15, 0.2) is 24.3 Å². The number of likely N-dealkylation sites (N-methyl/N-ethyl adjacent to an activating group) is 1. The molecule has 0 saturated heterocycles. The molecule has 0 aliphatic rings. The number of carbonyl (C=O) groups excluding carboxylic acids is 1. The molecule has 0 bridgehead atoms. The van der Waals surface area contributed by atoms with Crippen LogP contribution in [0.4, 0.5) is 4.39 Å². The minimum Gasteiger partial charge on any atom is -0.344 e. The average Bonchev–Trinajstić information content (AvgIpc) is 2.37. The Balaban J connectivity index is 2.98. The number of amides is 1. The molecule has 4 heteroatoms. The Morgan fingerprint density at radius 1 is 1.25 bits per heavy atom. The molecule has 0 heterocycles. The van der Waals surface area contributed by atoms with Gasteiger partial charge in [0.2, 0.25) is 5.91 Å². The molecule has 112 valence electrons. The van der Waals surface area contributed by atoms with E-state index in [1.54, 1.807) is 44.0 Å². The van der Waals surface area contributed by atoms with Gasteiger partial charge in [-0.3, -0.25) is 4.79 Å². The zero-order valence-electron chi connectivity index (χ0n) is 13.0. The van der Waals surface area contributed by atoms with Gasteiger partial charge in [-0.15, -0.1) is 0 Å². The summed E-state index contributed by atoms with van der Waals surface area (Å²) in [4.78, 5) is 14.3. The van der Waals surface area contributed by atoms with Gasteiger partial charge in [-0.1, -0.05) is 32.0 Å². The van der Waals surface area contributed by atoms with Crippen LogP contribution in [0.5, 0.6) is 0 Å².